The van der Waals surface area contributed by atoms with E-state index < -0.39 is 10.0 Å². The number of sulfonamides is 1. The van der Waals surface area contributed by atoms with Gasteiger partial charge in [0.2, 0.25) is 10.0 Å². The zero-order chi connectivity index (χ0) is 10.9. The molecule has 1 rings (SSSR count). The van der Waals surface area contributed by atoms with Crippen LogP contribution in [0.15, 0.2) is 17.0 Å². The first-order valence-corrected chi connectivity index (χ1v) is 5.63. The van der Waals surface area contributed by atoms with Gasteiger partial charge < -0.3 is 0 Å². The Morgan fingerprint density at radius 1 is 1.21 bits per heavy atom. The summed E-state index contributed by atoms with van der Waals surface area (Å²) in [6, 6.07) is 2.15. The van der Waals surface area contributed by atoms with E-state index >= 15 is 0 Å². The minimum Gasteiger partial charge on any atom is -0.298 e. The van der Waals surface area contributed by atoms with Crippen molar-refractivity contribution in [2.45, 2.75) is 4.90 Å². The van der Waals surface area contributed by atoms with Crippen molar-refractivity contribution in [2.24, 2.45) is 5.14 Å². The molecular formula is C7H5Cl2NO3S. The fourth-order valence-electron chi connectivity index (χ4n) is 0.838. The van der Waals surface area contributed by atoms with E-state index in [0.29, 0.717) is 6.29 Å². The van der Waals surface area contributed by atoms with Crippen molar-refractivity contribution in [3.8, 4) is 0 Å². The van der Waals surface area contributed by atoms with Crippen LogP contribution < -0.4 is 5.14 Å². The monoisotopic (exact) mass is 253 g/mol. The van der Waals surface area contributed by atoms with E-state index in [9.17, 15) is 13.2 Å². The molecule has 1 aromatic carbocycles. The average molecular weight is 254 g/mol. The number of benzene rings is 1. The number of hydrogen-bond acceptors (Lipinski definition) is 3. The van der Waals surface area contributed by atoms with Crippen LogP contribution in [0.25, 0.3) is 0 Å². The quantitative estimate of drug-likeness (QED) is 0.811. The molecule has 4 nitrogen and oxygen atoms in total. The predicted octanol–water partition coefficient (Wildman–Crippen LogP) is 1.45. The van der Waals surface area contributed by atoms with Gasteiger partial charge in [-0.25, -0.2) is 13.6 Å². The van der Waals surface area contributed by atoms with E-state index in [1.807, 2.05) is 0 Å². The van der Waals surface area contributed by atoms with Gasteiger partial charge in [-0.15, -0.1) is 0 Å². The van der Waals surface area contributed by atoms with Crippen LogP contribution in [0.1, 0.15) is 10.4 Å². The van der Waals surface area contributed by atoms with Gasteiger partial charge in [-0.3, -0.25) is 4.79 Å². The smallest absolute Gasteiger partial charge is 0.238 e. The average Bonchev–Trinajstić information content (AvgIpc) is 2.01. The first kappa shape index (κ1) is 11.5. The molecule has 2 N–H and O–H groups in total. The van der Waals surface area contributed by atoms with Gasteiger partial charge in [0.15, 0.2) is 6.29 Å². The van der Waals surface area contributed by atoms with Crippen LogP contribution >= 0.6 is 23.2 Å². The van der Waals surface area contributed by atoms with Gasteiger partial charge in [0.25, 0.3) is 0 Å². The molecule has 0 radical (unpaired) electrons. The molecule has 0 heterocycles. The molecule has 0 aliphatic rings. The Kier molecular flexibility index (Phi) is 3.16. The Hall–Kier alpha value is -0.620. The lowest BCUT2D eigenvalue weighted by atomic mass is 10.2. The Labute approximate surface area is 90.7 Å². The fraction of sp³-hybridized carbons (Fsp3) is 0. The molecule has 14 heavy (non-hydrogen) atoms. The molecule has 0 aromatic heterocycles. The summed E-state index contributed by atoms with van der Waals surface area (Å²) in [5.41, 5.74) is 0.0423. The molecule has 0 atom stereocenters. The Morgan fingerprint density at radius 3 is 1.93 bits per heavy atom. The highest BCUT2D eigenvalue weighted by atomic mass is 35.5. The molecule has 0 aliphatic carbocycles. The van der Waals surface area contributed by atoms with Crippen molar-refractivity contribution in [1.82, 2.24) is 0 Å². The predicted molar refractivity (Wildman–Crippen MR) is 53.2 cm³/mol. The summed E-state index contributed by atoms with van der Waals surface area (Å²) in [6.45, 7) is 0. The summed E-state index contributed by atoms with van der Waals surface area (Å²) in [4.78, 5) is 10.2. The van der Waals surface area contributed by atoms with E-state index in [1.165, 1.54) is 0 Å². The van der Waals surface area contributed by atoms with Gasteiger partial charge >= 0.3 is 0 Å². The van der Waals surface area contributed by atoms with Gasteiger partial charge in [0.1, 0.15) is 0 Å². The fourth-order valence-corrected chi connectivity index (χ4v) is 2.11. The van der Waals surface area contributed by atoms with Crippen molar-refractivity contribution < 1.29 is 13.2 Å². The summed E-state index contributed by atoms with van der Waals surface area (Å²) in [5, 5.41) is 4.76. The number of aldehydes is 1. The lowest BCUT2D eigenvalue weighted by molar-refractivity contribution is 0.112. The maximum Gasteiger partial charge on any atom is 0.238 e. The maximum absolute atomic E-state index is 10.9. The standard InChI is InChI=1S/C7H5Cl2NO3S/c8-6-1-4(14(10,12)13)2-7(9)5(6)3-11/h1-3H,(H2,10,12,13). The molecule has 0 fully saturated rings. The van der Waals surface area contributed by atoms with Crippen LogP contribution in [0.4, 0.5) is 0 Å². The molecule has 0 saturated heterocycles. The van der Waals surface area contributed by atoms with Gasteiger partial charge in [0, 0.05) is 0 Å². The highest BCUT2D eigenvalue weighted by Gasteiger charge is 2.13. The molecule has 0 amide bonds. The SMILES string of the molecule is NS(=O)(=O)c1cc(Cl)c(C=O)c(Cl)c1. The molecule has 7 heteroatoms. The number of hydrogen-bond donors (Lipinski definition) is 1. The van der Waals surface area contributed by atoms with Crippen LogP contribution in [-0.4, -0.2) is 14.7 Å². The molecule has 0 aliphatic heterocycles. The Balaban J connectivity index is 3.50. The highest BCUT2D eigenvalue weighted by molar-refractivity contribution is 7.89. The van der Waals surface area contributed by atoms with Crippen molar-refractivity contribution >= 4 is 39.5 Å². The molecule has 0 unspecified atom stereocenters. The zero-order valence-electron chi connectivity index (χ0n) is 6.70. The van der Waals surface area contributed by atoms with E-state index in [4.69, 9.17) is 28.3 Å². The third-order valence-electron chi connectivity index (χ3n) is 1.50. The number of nitrogens with two attached hydrogens (primary N) is 1. The Bertz CT molecular complexity index is 461. The third kappa shape index (κ3) is 2.24. The Morgan fingerprint density at radius 2 is 1.64 bits per heavy atom. The van der Waals surface area contributed by atoms with Crippen LogP contribution in [0.5, 0.6) is 0 Å². The second kappa shape index (κ2) is 3.86. The number of halogens is 2. The molecule has 0 saturated carbocycles. The lowest BCUT2D eigenvalue weighted by Crippen LogP contribution is -2.12. The summed E-state index contributed by atoms with van der Waals surface area (Å²) < 4.78 is 21.8. The van der Waals surface area contributed by atoms with Gasteiger partial charge in [-0.2, -0.15) is 0 Å². The van der Waals surface area contributed by atoms with Gasteiger partial charge in [-0.1, -0.05) is 23.2 Å². The number of carbonyl (C=O) groups excluding carboxylic acids is 1. The minimum absolute atomic E-state index is 0.0423. The molecule has 0 bridgehead atoms. The lowest BCUT2D eigenvalue weighted by Gasteiger charge is -2.03. The maximum atomic E-state index is 10.9. The number of primary sulfonamides is 1. The van der Waals surface area contributed by atoms with Gasteiger partial charge in [-0.05, 0) is 12.1 Å². The first-order valence-electron chi connectivity index (χ1n) is 3.33. The zero-order valence-corrected chi connectivity index (χ0v) is 9.03. The van der Waals surface area contributed by atoms with E-state index in [-0.39, 0.29) is 20.5 Å². The third-order valence-corrected chi connectivity index (χ3v) is 3.02. The normalized spacial score (nSPS) is 11.4. The van der Waals surface area contributed by atoms with Crippen molar-refractivity contribution in [3.05, 3.63) is 27.7 Å². The highest BCUT2D eigenvalue weighted by Crippen LogP contribution is 2.26. The van der Waals surface area contributed by atoms with Crippen LogP contribution in [-0.2, 0) is 10.0 Å². The van der Waals surface area contributed by atoms with Crippen LogP contribution in [0.2, 0.25) is 10.0 Å². The molecular weight excluding hydrogens is 249 g/mol. The summed E-state index contributed by atoms with van der Waals surface area (Å²) >= 11 is 11.2. The van der Waals surface area contributed by atoms with E-state index in [2.05, 4.69) is 0 Å². The van der Waals surface area contributed by atoms with Crippen molar-refractivity contribution in [2.75, 3.05) is 0 Å². The van der Waals surface area contributed by atoms with E-state index in [0.717, 1.165) is 12.1 Å². The number of carbonyl (C=O) groups is 1. The topological polar surface area (TPSA) is 77.2 Å². The minimum atomic E-state index is -3.86. The first-order chi connectivity index (χ1) is 6.36. The second-order valence-electron chi connectivity index (χ2n) is 2.46. The second-order valence-corrected chi connectivity index (χ2v) is 4.84. The van der Waals surface area contributed by atoms with Crippen LogP contribution in [0.3, 0.4) is 0 Å². The summed E-state index contributed by atoms with van der Waals surface area (Å²) in [5.74, 6) is 0. The molecule has 1 aromatic rings. The van der Waals surface area contributed by atoms with Crippen molar-refractivity contribution in [1.29, 1.82) is 0 Å². The van der Waals surface area contributed by atoms with Gasteiger partial charge in [0.05, 0.1) is 20.5 Å². The molecule has 0 spiro atoms. The number of rotatable bonds is 2. The van der Waals surface area contributed by atoms with Crippen LogP contribution in [0, 0.1) is 0 Å². The van der Waals surface area contributed by atoms with E-state index in [1.54, 1.807) is 0 Å². The summed E-state index contributed by atoms with van der Waals surface area (Å²) in [7, 11) is -3.86. The summed E-state index contributed by atoms with van der Waals surface area (Å²) in [6.07, 6.45) is 0.442. The van der Waals surface area contributed by atoms with Crippen molar-refractivity contribution in [3.63, 3.8) is 0 Å². The largest absolute Gasteiger partial charge is 0.298 e. The molecule has 76 valence electrons.